The van der Waals surface area contributed by atoms with Gasteiger partial charge in [0.15, 0.2) is 0 Å². The van der Waals surface area contributed by atoms with E-state index in [1.165, 1.54) is 4.90 Å². The van der Waals surface area contributed by atoms with E-state index in [1.807, 2.05) is 27.7 Å². The Morgan fingerprint density at radius 1 is 1.12 bits per heavy atom. The summed E-state index contributed by atoms with van der Waals surface area (Å²) in [5, 5.41) is 9.02. The summed E-state index contributed by atoms with van der Waals surface area (Å²) in [5.41, 5.74) is 0. The molecule has 1 N–H and O–H groups in total. The van der Waals surface area contributed by atoms with Crippen molar-refractivity contribution >= 4 is 11.9 Å². The van der Waals surface area contributed by atoms with Crippen molar-refractivity contribution in [3.05, 3.63) is 0 Å². The van der Waals surface area contributed by atoms with Crippen molar-refractivity contribution in [2.45, 2.75) is 33.9 Å². The predicted molar refractivity (Wildman–Crippen MR) is 83.4 cm³/mol. The van der Waals surface area contributed by atoms with Gasteiger partial charge < -0.3 is 10.0 Å². The lowest BCUT2D eigenvalue weighted by molar-refractivity contribution is -0.188. The van der Waals surface area contributed by atoms with Crippen LogP contribution in [0, 0.1) is 23.7 Å². The molecule has 2 atom stereocenters. The Balaban J connectivity index is 2.76. The van der Waals surface area contributed by atoms with Crippen molar-refractivity contribution in [1.29, 1.82) is 0 Å². The van der Waals surface area contributed by atoms with E-state index in [1.54, 1.807) is 4.90 Å². The van der Waals surface area contributed by atoms with Crippen LogP contribution < -0.4 is 0 Å². The van der Waals surface area contributed by atoms with E-state index in [0.717, 1.165) is 0 Å². The van der Waals surface area contributed by atoms with Crippen LogP contribution in [0.15, 0.2) is 0 Å². The second-order valence-electron chi connectivity index (χ2n) is 7.37. The Labute approximate surface area is 140 Å². The molecular weight excluding hydrogens is 325 g/mol. The van der Waals surface area contributed by atoms with Crippen molar-refractivity contribution in [1.82, 2.24) is 9.80 Å². The molecule has 0 radical (unpaired) electrons. The number of nitrogens with zero attached hydrogens (tertiary/aromatic N) is 2. The Bertz CT molecular complexity index is 442. The smallest absolute Gasteiger partial charge is 0.393 e. The highest BCUT2D eigenvalue weighted by Crippen LogP contribution is 2.37. The summed E-state index contributed by atoms with van der Waals surface area (Å²) in [6.07, 6.45) is -4.57. The van der Waals surface area contributed by atoms with Gasteiger partial charge in [0, 0.05) is 26.2 Å². The van der Waals surface area contributed by atoms with E-state index in [-0.39, 0.29) is 30.8 Å². The van der Waals surface area contributed by atoms with Gasteiger partial charge in [0.25, 0.3) is 0 Å². The third-order valence-electron chi connectivity index (χ3n) is 4.02. The maximum atomic E-state index is 13.0. The normalized spacial score (nSPS) is 22.4. The third kappa shape index (κ3) is 5.96. The molecule has 1 saturated heterocycles. The van der Waals surface area contributed by atoms with Crippen LogP contribution in [0.2, 0.25) is 0 Å². The highest BCUT2D eigenvalue weighted by molar-refractivity contribution is 5.78. The number of hydrogen-bond acceptors (Lipinski definition) is 3. The van der Waals surface area contributed by atoms with Gasteiger partial charge in [-0.15, -0.1) is 0 Å². The van der Waals surface area contributed by atoms with E-state index in [4.69, 9.17) is 5.11 Å². The molecule has 0 saturated carbocycles. The Kier molecular flexibility index (Phi) is 7.07. The van der Waals surface area contributed by atoms with Gasteiger partial charge in [0.1, 0.15) is 0 Å². The summed E-state index contributed by atoms with van der Waals surface area (Å²) in [6.45, 7) is 8.09. The Morgan fingerprint density at radius 3 is 1.96 bits per heavy atom. The predicted octanol–water partition coefficient (Wildman–Crippen LogP) is 2.32. The van der Waals surface area contributed by atoms with Crippen LogP contribution in [-0.4, -0.2) is 65.7 Å². The molecule has 1 fully saturated rings. The number of carbonyl (C=O) groups excluding carboxylic acids is 1. The molecule has 24 heavy (non-hydrogen) atoms. The second-order valence-corrected chi connectivity index (χ2v) is 7.37. The lowest BCUT2D eigenvalue weighted by Crippen LogP contribution is -2.43. The minimum absolute atomic E-state index is 0.171. The van der Waals surface area contributed by atoms with Gasteiger partial charge in [0.05, 0.1) is 18.4 Å². The number of aliphatic carboxylic acids is 1. The fourth-order valence-corrected chi connectivity index (χ4v) is 3.05. The van der Waals surface area contributed by atoms with Gasteiger partial charge in [-0.2, -0.15) is 13.2 Å². The second kappa shape index (κ2) is 8.18. The maximum Gasteiger partial charge on any atom is 0.393 e. The average Bonchev–Trinajstić information content (AvgIpc) is 2.80. The number of likely N-dealkylation sites (tertiary alicyclic amines) is 1. The minimum Gasteiger partial charge on any atom is -0.481 e. The lowest BCUT2D eigenvalue weighted by Gasteiger charge is -2.28. The summed E-state index contributed by atoms with van der Waals surface area (Å²) in [5.74, 6) is -4.65. The van der Waals surface area contributed by atoms with Gasteiger partial charge in [-0.3, -0.25) is 14.5 Å². The summed E-state index contributed by atoms with van der Waals surface area (Å²) in [6, 6.07) is 0. The summed E-state index contributed by atoms with van der Waals surface area (Å²) < 4.78 is 39.0. The zero-order chi connectivity index (χ0) is 18.7. The van der Waals surface area contributed by atoms with Crippen molar-refractivity contribution in [3.63, 3.8) is 0 Å². The van der Waals surface area contributed by atoms with E-state index in [2.05, 4.69) is 0 Å². The molecule has 0 aliphatic carbocycles. The number of carbonyl (C=O) groups is 2. The molecule has 8 heteroatoms. The zero-order valence-corrected chi connectivity index (χ0v) is 14.6. The van der Waals surface area contributed by atoms with Gasteiger partial charge in [0.2, 0.25) is 5.91 Å². The van der Waals surface area contributed by atoms with Crippen molar-refractivity contribution in [2.75, 3.05) is 32.7 Å². The molecule has 1 rings (SSSR count). The first-order valence-corrected chi connectivity index (χ1v) is 8.21. The van der Waals surface area contributed by atoms with Crippen LogP contribution in [0.5, 0.6) is 0 Å². The number of carboxylic acids is 1. The Morgan fingerprint density at radius 2 is 1.62 bits per heavy atom. The molecule has 1 aliphatic rings. The van der Waals surface area contributed by atoms with E-state index in [0.29, 0.717) is 13.1 Å². The summed E-state index contributed by atoms with van der Waals surface area (Å²) in [7, 11) is 0. The first kappa shape index (κ1) is 20.7. The van der Waals surface area contributed by atoms with Crippen LogP contribution in [0.4, 0.5) is 13.2 Å². The third-order valence-corrected chi connectivity index (χ3v) is 4.02. The molecular formula is C16H27F3N2O3. The quantitative estimate of drug-likeness (QED) is 0.764. The fourth-order valence-electron chi connectivity index (χ4n) is 3.05. The lowest BCUT2D eigenvalue weighted by atomic mass is 9.96. The minimum atomic E-state index is -4.57. The van der Waals surface area contributed by atoms with Gasteiger partial charge in [-0.05, 0) is 11.8 Å². The van der Waals surface area contributed by atoms with E-state index < -0.39 is 30.5 Å². The molecule has 0 aromatic heterocycles. The Hall–Kier alpha value is -1.31. The molecule has 0 unspecified atom stereocenters. The monoisotopic (exact) mass is 352 g/mol. The molecule has 1 heterocycles. The summed E-state index contributed by atoms with van der Waals surface area (Å²) in [4.78, 5) is 26.5. The number of alkyl halides is 3. The number of halogens is 3. The molecule has 0 bridgehead atoms. The summed E-state index contributed by atoms with van der Waals surface area (Å²) >= 11 is 0. The number of hydrogen-bond donors (Lipinski definition) is 1. The highest BCUT2D eigenvalue weighted by atomic mass is 19.4. The van der Waals surface area contributed by atoms with Crippen LogP contribution in [0.1, 0.15) is 27.7 Å². The molecule has 0 aromatic carbocycles. The largest absolute Gasteiger partial charge is 0.481 e. The molecule has 1 amide bonds. The molecule has 1 aliphatic heterocycles. The number of carboxylic acid groups (broad SMARTS) is 1. The van der Waals surface area contributed by atoms with E-state index in [9.17, 15) is 22.8 Å². The van der Waals surface area contributed by atoms with Crippen LogP contribution in [0.3, 0.4) is 0 Å². The first-order valence-electron chi connectivity index (χ1n) is 8.21. The molecule has 5 nitrogen and oxygen atoms in total. The SMILES string of the molecule is CC(C)CN(CC(C)C)C(=O)CN1C[C@@H](C(F)(F)F)[C@H](C(=O)O)C1. The molecule has 0 spiro atoms. The van der Waals surface area contributed by atoms with Crippen LogP contribution >= 0.6 is 0 Å². The number of rotatable bonds is 7. The van der Waals surface area contributed by atoms with Gasteiger partial charge in [-0.25, -0.2) is 0 Å². The molecule has 140 valence electrons. The topological polar surface area (TPSA) is 60.9 Å². The highest BCUT2D eigenvalue weighted by Gasteiger charge is 2.52. The van der Waals surface area contributed by atoms with Crippen LogP contribution in [-0.2, 0) is 9.59 Å². The maximum absolute atomic E-state index is 13.0. The average molecular weight is 352 g/mol. The van der Waals surface area contributed by atoms with Crippen molar-refractivity contribution < 1.29 is 27.9 Å². The van der Waals surface area contributed by atoms with Gasteiger partial charge >= 0.3 is 12.1 Å². The van der Waals surface area contributed by atoms with E-state index >= 15 is 0 Å². The fraction of sp³-hybridized carbons (Fsp3) is 0.875. The first-order chi connectivity index (χ1) is 10.9. The van der Waals surface area contributed by atoms with Crippen molar-refractivity contribution in [2.24, 2.45) is 23.7 Å². The van der Waals surface area contributed by atoms with Crippen molar-refractivity contribution in [3.8, 4) is 0 Å². The molecule has 0 aromatic rings. The number of amides is 1. The van der Waals surface area contributed by atoms with Gasteiger partial charge in [-0.1, -0.05) is 27.7 Å². The van der Waals surface area contributed by atoms with Crippen LogP contribution in [0.25, 0.3) is 0 Å². The standard InChI is InChI=1S/C16H27F3N2O3/c1-10(2)5-21(6-11(3)4)14(22)9-20-7-12(15(23)24)13(8-20)16(17,18)19/h10-13H,5-9H2,1-4H3,(H,23,24)/t12-,13-/m1/s1. The zero-order valence-electron chi connectivity index (χ0n) is 14.6.